The summed E-state index contributed by atoms with van der Waals surface area (Å²) in [5.74, 6) is -0.0632. The maximum Gasteiger partial charge on any atom is 0.346 e. The molecule has 0 aliphatic heterocycles. The van der Waals surface area contributed by atoms with Crippen LogP contribution >= 0.6 is 0 Å². The summed E-state index contributed by atoms with van der Waals surface area (Å²) in [6, 6.07) is 9.36. The highest BCUT2D eigenvalue weighted by Crippen LogP contribution is 2.50. The molecule has 33 heavy (non-hydrogen) atoms. The molecule has 6 nitrogen and oxygen atoms in total. The number of aryl methyl sites for hydroxylation is 2. The summed E-state index contributed by atoms with van der Waals surface area (Å²) in [5.41, 5.74) is 4.92. The first-order valence-electron chi connectivity index (χ1n) is 11.7. The molecule has 2 aromatic heterocycles. The van der Waals surface area contributed by atoms with E-state index in [2.05, 4.69) is 37.9 Å². The third kappa shape index (κ3) is 4.63. The minimum atomic E-state index is -0.332. The number of hydrogen-bond donors (Lipinski definition) is 1. The van der Waals surface area contributed by atoms with Gasteiger partial charge in [-0.15, -0.1) is 0 Å². The van der Waals surface area contributed by atoms with Gasteiger partial charge in [0.05, 0.1) is 12.9 Å². The van der Waals surface area contributed by atoms with E-state index in [0.29, 0.717) is 5.41 Å². The fourth-order valence-corrected chi connectivity index (χ4v) is 5.26. The first-order chi connectivity index (χ1) is 16.1. The molecular formula is C27H28N4O2. The maximum atomic E-state index is 12.8. The lowest BCUT2D eigenvalue weighted by Gasteiger charge is -2.33. The Morgan fingerprint density at radius 2 is 2.09 bits per heavy atom. The predicted octanol–water partition coefficient (Wildman–Crippen LogP) is 6.65. The average molecular weight is 441 g/mol. The molecule has 0 bridgehead atoms. The van der Waals surface area contributed by atoms with Gasteiger partial charge in [-0.05, 0) is 79.3 Å². The summed E-state index contributed by atoms with van der Waals surface area (Å²) in [4.78, 5) is 20.2. The van der Waals surface area contributed by atoms with E-state index < -0.39 is 0 Å². The number of imidazole rings is 1. The van der Waals surface area contributed by atoms with Crippen molar-refractivity contribution in [2.75, 3.05) is 5.32 Å². The van der Waals surface area contributed by atoms with Gasteiger partial charge in [0.1, 0.15) is 0 Å². The number of aromatic nitrogens is 2. The van der Waals surface area contributed by atoms with E-state index in [1.807, 2.05) is 18.6 Å². The van der Waals surface area contributed by atoms with Crippen molar-refractivity contribution < 1.29 is 9.21 Å². The Balaban J connectivity index is 1.41. The van der Waals surface area contributed by atoms with Crippen LogP contribution in [0.1, 0.15) is 66.6 Å². The SMILES string of the molecule is [C-]#[N+]c1ccc(C(=O)Nc2ccc(CCn3ccnc3)cc2C2=CCC3(CCCC3)CC2)o1. The minimum absolute atomic E-state index is 0.118. The lowest BCUT2D eigenvalue weighted by Crippen LogP contribution is -2.19. The highest BCUT2D eigenvalue weighted by molar-refractivity contribution is 6.04. The number of nitrogens with one attached hydrogen (secondary N) is 1. The quantitative estimate of drug-likeness (QED) is 0.437. The van der Waals surface area contributed by atoms with E-state index in [-0.39, 0.29) is 17.6 Å². The van der Waals surface area contributed by atoms with Gasteiger partial charge in [-0.3, -0.25) is 4.79 Å². The summed E-state index contributed by atoms with van der Waals surface area (Å²) in [6.07, 6.45) is 17.7. The van der Waals surface area contributed by atoms with Crippen LogP contribution in [0, 0.1) is 12.0 Å². The van der Waals surface area contributed by atoms with Crippen molar-refractivity contribution in [1.82, 2.24) is 9.55 Å². The maximum absolute atomic E-state index is 12.8. The fourth-order valence-electron chi connectivity index (χ4n) is 5.26. The summed E-state index contributed by atoms with van der Waals surface area (Å²) >= 11 is 0. The van der Waals surface area contributed by atoms with Crippen molar-refractivity contribution in [3.63, 3.8) is 0 Å². The summed E-state index contributed by atoms with van der Waals surface area (Å²) in [5, 5.41) is 3.03. The summed E-state index contributed by atoms with van der Waals surface area (Å²) in [6.45, 7) is 7.92. The van der Waals surface area contributed by atoms with Crippen LogP contribution in [0.15, 0.2) is 59.5 Å². The number of carbonyl (C=O) groups is 1. The van der Waals surface area contributed by atoms with Gasteiger partial charge >= 0.3 is 5.88 Å². The molecule has 6 heteroatoms. The first-order valence-corrected chi connectivity index (χ1v) is 11.7. The number of rotatable bonds is 6. The Hall–Kier alpha value is -3.59. The number of benzene rings is 1. The number of amides is 1. The summed E-state index contributed by atoms with van der Waals surface area (Å²) in [7, 11) is 0. The van der Waals surface area contributed by atoms with Gasteiger partial charge in [0, 0.05) is 30.2 Å². The molecule has 2 heterocycles. The predicted molar refractivity (Wildman–Crippen MR) is 128 cm³/mol. The van der Waals surface area contributed by atoms with Crippen LogP contribution in [0.25, 0.3) is 10.4 Å². The molecule has 1 fully saturated rings. The lowest BCUT2D eigenvalue weighted by atomic mass is 9.72. The molecule has 1 spiro atoms. The number of nitrogens with zero attached hydrogens (tertiary/aromatic N) is 3. The Bertz CT molecular complexity index is 1210. The van der Waals surface area contributed by atoms with Gasteiger partial charge in [-0.2, -0.15) is 4.85 Å². The molecule has 0 saturated heterocycles. The molecular weight excluding hydrogens is 412 g/mol. The number of anilines is 1. The molecule has 168 valence electrons. The van der Waals surface area contributed by atoms with Gasteiger partial charge in [-0.25, -0.2) is 4.98 Å². The van der Waals surface area contributed by atoms with Crippen LogP contribution in [0.4, 0.5) is 11.6 Å². The molecule has 2 aliphatic carbocycles. The van der Waals surface area contributed by atoms with E-state index >= 15 is 0 Å². The molecule has 0 radical (unpaired) electrons. The molecule has 1 N–H and O–H groups in total. The van der Waals surface area contributed by atoms with Crippen molar-refractivity contribution in [2.45, 2.75) is 57.9 Å². The molecule has 1 saturated carbocycles. The lowest BCUT2D eigenvalue weighted by molar-refractivity contribution is 0.0998. The van der Waals surface area contributed by atoms with Crippen LogP contribution in [0.2, 0.25) is 0 Å². The monoisotopic (exact) mass is 440 g/mol. The molecule has 0 atom stereocenters. The van der Waals surface area contributed by atoms with E-state index in [1.165, 1.54) is 49.3 Å². The standard InChI is InChI=1S/C27H28N4O2/c1-28-25-7-6-24(33-25)26(32)30-23-5-4-20(10-16-31-17-15-29-19-31)18-22(23)21-8-13-27(14-9-21)11-2-3-12-27/h4-8,15,17-19H,2-3,9-14,16H2,(H,30,32). The van der Waals surface area contributed by atoms with Gasteiger partial charge in [-0.1, -0.05) is 25.0 Å². The Morgan fingerprint density at radius 3 is 2.79 bits per heavy atom. The van der Waals surface area contributed by atoms with E-state index in [4.69, 9.17) is 11.0 Å². The smallest absolute Gasteiger partial charge is 0.346 e. The van der Waals surface area contributed by atoms with Gasteiger partial charge in [0.2, 0.25) is 0 Å². The van der Waals surface area contributed by atoms with Gasteiger partial charge < -0.3 is 14.3 Å². The van der Waals surface area contributed by atoms with Crippen LogP contribution in [0.3, 0.4) is 0 Å². The highest BCUT2D eigenvalue weighted by atomic mass is 16.4. The summed E-state index contributed by atoms with van der Waals surface area (Å²) < 4.78 is 7.40. The molecule has 1 aromatic carbocycles. The Kier molecular flexibility index (Phi) is 5.87. The van der Waals surface area contributed by atoms with Crippen molar-refractivity contribution in [2.24, 2.45) is 5.41 Å². The highest BCUT2D eigenvalue weighted by Gasteiger charge is 2.35. The number of hydrogen-bond acceptors (Lipinski definition) is 3. The van der Waals surface area contributed by atoms with E-state index in [0.717, 1.165) is 37.1 Å². The number of carbonyl (C=O) groups excluding carboxylic acids is 1. The van der Waals surface area contributed by atoms with Crippen LogP contribution in [-0.4, -0.2) is 15.5 Å². The average Bonchev–Trinajstić information content (AvgIpc) is 3.61. The normalized spacial score (nSPS) is 17.0. The molecule has 2 aliphatic rings. The van der Waals surface area contributed by atoms with E-state index in [1.54, 1.807) is 12.3 Å². The van der Waals surface area contributed by atoms with Crippen molar-refractivity contribution in [1.29, 1.82) is 0 Å². The molecule has 1 amide bonds. The van der Waals surface area contributed by atoms with Crippen molar-refractivity contribution in [3.8, 4) is 0 Å². The third-order valence-corrected chi connectivity index (χ3v) is 7.19. The van der Waals surface area contributed by atoms with Crippen LogP contribution in [0.5, 0.6) is 0 Å². The first kappa shape index (κ1) is 21.3. The van der Waals surface area contributed by atoms with Crippen molar-refractivity contribution in [3.05, 3.63) is 83.4 Å². The topological polar surface area (TPSA) is 64.4 Å². The van der Waals surface area contributed by atoms with Gasteiger partial charge in [0.25, 0.3) is 5.91 Å². The number of furan rings is 1. The zero-order valence-corrected chi connectivity index (χ0v) is 18.7. The Morgan fingerprint density at radius 1 is 1.21 bits per heavy atom. The number of allylic oxidation sites excluding steroid dienone is 2. The third-order valence-electron chi connectivity index (χ3n) is 7.19. The molecule has 5 rings (SSSR count). The second-order valence-electron chi connectivity index (χ2n) is 9.27. The largest absolute Gasteiger partial charge is 0.475 e. The minimum Gasteiger partial charge on any atom is -0.475 e. The van der Waals surface area contributed by atoms with Gasteiger partial charge in [0.15, 0.2) is 5.76 Å². The fraction of sp³-hybridized carbons (Fsp3) is 0.370. The zero-order chi connectivity index (χ0) is 22.7. The van der Waals surface area contributed by atoms with Crippen molar-refractivity contribution >= 4 is 23.1 Å². The second kappa shape index (κ2) is 9.11. The molecule has 0 unspecified atom stereocenters. The molecule has 3 aromatic rings. The van der Waals surface area contributed by atoms with Crippen LogP contribution < -0.4 is 5.32 Å². The Labute approximate surface area is 194 Å². The van der Waals surface area contributed by atoms with Crippen LogP contribution in [-0.2, 0) is 13.0 Å². The van der Waals surface area contributed by atoms with E-state index in [9.17, 15) is 4.79 Å². The zero-order valence-electron chi connectivity index (χ0n) is 18.7. The second-order valence-corrected chi connectivity index (χ2v) is 9.27.